The highest BCUT2D eigenvalue weighted by Crippen LogP contribution is 2.17. The maximum Gasteiger partial charge on any atom is 0.330 e. The van der Waals surface area contributed by atoms with Gasteiger partial charge in [0.15, 0.2) is 0 Å². The van der Waals surface area contributed by atoms with Crippen molar-refractivity contribution in [2.24, 2.45) is 0 Å². The van der Waals surface area contributed by atoms with Crippen LogP contribution in [0.4, 0.5) is 5.69 Å². The third-order valence-electron chi connectivity index (χ3n) is 5.16. The summed E-state index contributed by atoms with van der Waals surface area (Å²) in [5.74, 6) is -0.271. The minimum atomic E-state index is -0.325. The van der Waals surface area contributed by atoms with Crippen LogP contribution in [-0.4, -0.2) is 18.0 Å². The van der Waals surface area contributed by atoms with Crippen LogP contribution in [0.2, 0.25) is 0 Å². The molecular weight excluding hydrogens is 366 g/mol. The summed E-state index contributed by atoms with van der Waals surface area (Å²) in [6, 6.07) is 7.00. The van der Waals surface area contributed by atoms with Gasteiger partial charge in [0.05, 0.1) is 12.0 Å². The first kappa shape index (κ1) is 24.9. The van der Waals surface area contributed by atoms with Crippen LogP contribution in [0.1, 0.15) is 89.0 Å². The third-order valence-corrected chi connectivity index (χ3v) is 5.16. The van der Waals surface area contributed by atoms with Crippen LogP contribution in [0.5, 0.6) is 0 Å². The van der Waals surface area contributed by atoms with Crippen molar-refractivity contribution in [1.82, 2.24) is 0 Å². The quantitative estimate of drug-likeness (QED) is 0.0928. The number of hydrogen-bond donors (Lipinski definition) is 0. The zero-order valence-electron chi connectivity index (χ0n) is 17.9. The molecule has 29 heavy (non-hydrogen) atoms. The number of hydrogen-bond acceptors (Lipinski definition) is 4. The van der Waals surface area contributed by atoms with Crippen molar-refractivity contribution in [2.45, 2.75) is 89.9 Å². The van der Waals surface area contributed by atoms with E-state index >= 15 is 0 Å². The SMILES string of the molecule is COC(=O)C=CCCCCCCCCCCCCCCc1cccc([N+](=O)[O-])c1. The molecule has 0 aliphatic rings. The standard InChI is InChI=1S/C24H37NO4/c1-29-24(26)20-15-13-11-9-7-5-3-2-4-6-8-10-12-14-17-22-18-16-19-23(21-22)25(27)28/h15-16,18-21H,2-14,17H2,1H3. The smallest absolute Gasteiger partial charge is 0.330 e. The number of nitro benzene ring substituents is 1. The monoisotopic (exact) mass is 403 g/mol. The molecule has 0 heterocycles. The summed E-state index contributed by atoms with van der Waals surface area (Å²) < 4.78 is 4.55. The van der Waals surface area contributed by atoms with E-state index in [2.05, 4.69) is 4.74 Å². The average molecular weight is 404 g/mol. The van der Waals surface area contributed by atoms with E-state index in [9.17, 15) is 14.9 Å². The van der Waals surface area contributed by atoms with Gasteiger partial charge >= 0.3 is 5.97 Å². The molecule has 5 nitrogen and oxygen atoms in total. The molecular formula is C24H37NO4. The number of nitro groups is 1. The molecule has 0 bridgehead atoms. The normalized spacial score (nSPS) is 11.1. The highest BCUT2D eigenvalue weighted by Gasteiger charge is 2.05. The van der Waals surface area contributed by atoms with Crippen molar-refractivity contribution >= 4 is 11.7 Å². The second-order valence-electron chi connectivity index (χ2n) is 7.63. The number of nitrogens with zero attached hydrogens (tertiary/aromatic N) is 1. The van der Waals surface area contributed by atoms with Gasteiger partial charge in [0.25, 0.3) is 5.69 Å². The van der Waals surface area contributed by atoms with Gasteiger partial charge in [0.2, 0.25) is 0 Å². The first-order valence-electron chi connectivity index (χ1n) is 11.1. The van der Waals surface area contributed by atoms with E-state index < -0.39 is 0 Å². The van der Waals surface area contributed by atoms with Crippen LogP contribution in [0.25, 0.3) is 0 Å². The van der Waals surface area contributed by atoms with E-state index in [1.54, 1.807) is 18.2 Å². The van der Waals surface area contributed by atoms with E-state index in [0.717, 1.165) is 31.2 Å². The number of allylic oxidation sites excluding steroid dienone is 1. The van der Waals surface area contributed by atoms with E-state index in [4.69, 9.17) is 0 Å². The molecule has 0 atom stereocenters. The topological polar surface area (TPSA) is 69.4 Å². The summed E-state index contributed by atoms with van der Waals surface area (Å²) in [4.78, 5) is 21.4. The van der Waals surface area contributed by atoms with E-state index in [1.165, 1.54) is 77.4 Å². The summed E-state index contributed by atoms with van der Waals surface area (Å²) in [6.07, 6.45) is 20.4. The van der Waals surface area contributed by atoms with Gasteiger partial charge in [-0.2, -0.15) is 0 Å². The number of rotatable bonds is 17. The molecule has 0 aliphatic heterocycles. The molecule has 5 heteroatoms. The Kier molecular flexibility index (Phi) is 14.4. The summed E-state index contributed by atoms with van der Waals surface area (Å²) >= 11 is 0. The molecule has 1 rings (SSSR count). The fourth-order valence-corrected chi connectivity index (χ4v) is 3.43. The molecule has 0 radical (unpaired) electrons. The Morgan fingerprint density at radius 3 is 2.03 bits per heavy atom. The van der Waals surface area contributed by atoms with Crippen LogP contribution in [0.3, 0.4) is 0 Å². The van der Waals surface area contributed by atoms with Crippen LogP contribution in [0.15, 0.2) is 36.4 Å². The molecule has 0 unspecified atom stereocenters. The van der Waals surface area contributed by atoms with Crippen molar-refractivity contribution in [3.8, 4) is 0 Å². The van der Waals surface area contributed by atoms with Crippen LogP contribution in [-0.2, 0) is 16.0 Å². The molecule has 1 aromatic rings. The summed E-state index contributed by atoms with van der Waals surface area (Å²) in [7, 11) is 1.40. The molecule has 0 saturated heterocycles. The van der Waals surface area contributed by atoms with Gasteiger partial charge in [0, 0.05) is 18.2 Å². The fraction of sp³-hybridized carbons (Fsp3) is 0.625. The van der Waals surface area contributed by atoms with E-state index in [-0.39, 0.29) is 16.6 Å². The summed E-state index contributed by atoms with van der Waals surface area (Å²) in [5.41, 5.74) is 1.26. The molecule has 0 amide bonds. The Bertz CT molecular complexity index is 613. The van der Waals surface area contributed by atoms with Crippen LogP contribution < -0.4 is 0 Å². The predicted molar refractivity (Wildman–Crippen MR) is 118 cm³/mol. The molecule has 0 spiro atoms. The molecule has 0 fully saturated rings. The maximum absolute atomic E-state index is 10.9. The van der Waals surface area contributed by atoms with Crippen LogP contribution in [0, 0.1) is 10.1 Å². The number of carbonyl (C=O) groups excluding carboxylic acids is 1. The number of benzene rings is 1. The Hall–Kier alpha value is -2.17. The Balaban J connectivity index is 1.85. The minimum Gasteiger partial charge on any atom is -0.466 e. The van der Waals surface area contributed by atoms with E-state index in [1.807, 2.05) is 12.1 Å². The van der Waals surface area contributed by atoms with Gasteiger partial charge < -0.3 is 4.74 Å². The lowest BCUT2D eigenvalue weighted by Crippen LogP contribution is -1.93. The molecule has 0 aromatic heterocycles. The lowest BCUT2D eigenvalue weighted by Gasteiger charge is -2.04. The van der Waals surface area contributed by atoms with Crippen molar-refractivity contribution in [1.29, 1.82) is 0 Å². The highest BCUT2D eigenvalue weighted by atomic mass is 16.6. The van der Waals surface area contributed by atoms with Crippen LogP contribution >= 0.6 is 0 Å². The third kappa shape index (κ3) is 13.6. The minimum absolute atomic E-state index is 0.193. The molecule has 0 saturated carbocycles. The van der Waals surface area contributed by atoms with Gasteiger partial charge in [-0.1, -0.05) is 82.4 Å². The lowest BCUT2D eigenvalue weighted by molar-refractivity contribution is -0.384. The fourth-order valence-electron chi connectivity index (χ4n) is 3.43. The van der Waals surface area contributed by atoms with Gasteiger partial charge in [-0.15, -0.1) is 0 Å². The highest BCUT2D eigenvalue weighted by molar-refractivity contribution is 5.81. The molecule has 0 N–H and O–H groups in total. The summed E-state index contributed by atoms with van der Waals surface area (Å²) in [5, 5.41) is 10.8. The number of aryl methyl sites for hydroxylation is 1. The average Bonchev–Trinajstić information content (AvgIpc) is 2.73. The van der Waals surface area contributed by atoms with Crippen molar-refractivity contribution in [3.05, 3.63) is 52.1 Å². The molecule has 0 aliphatic carbocycles. The van der Waals surface area contributed by atoms with Crippen molar-refractivity contribution < 1.29 is 14.5 Å². The number of carbonyl (C=O) groups is 1. The first-order chi connectivity index (χ1) is 14.1. The zero-order valence-corrected chi connectivity index (χ0v) is 17.9. The molecule has 1 aromatic carbocycles. The number of methoxy groups -OCH3 is 1. The second-order valence-corrected chi connectivity index (χ2v) is 7.63. The summed E-state index contributed by atoms with van der Waals surface area (Å²) in [6.45, 7) is 0. The van der Waals surface area contributed by atoms with Gasteiger partial charge in [0.1, 0.15) is 0 Å². The Morgan fingerprint density at radius 1 is 0.931 bits per heavy atom. The van der Waals surface area contributed by atoms with Gasteiger partial charge in [-0.3, -0.25) is 10.1 Å². The molecule has 162 valence electrons. The number of non-ortho nitro benzene ring substituents is 1. The largest absolute Gasteiger partial charge is 0.466 e. The number of ether oxygens (including phenoxy) is 1. The van der Waals surface area contributed by atoms with Crippen molar-refractivity contribution in [3.63, 3.8) is 0 Å². The predicted octanol–water partition coefficient (Wildman–Crippen LogP) is 6.94. The lowest BCUT2D eigenvalue weighted by atomic mass is 10.0. The Morgan fingerprint density at radius 2 is 1.48 bits per heavy atom. The van der Waals surface area contributed by atoms with Gasteiger partial charge in [-0.05, 0) is 31.2 Å². The Labute approximate surface area is 175 Å². The second kappa shape index (κ2) is 16.8. The number of esters is 1. The van der Waals surface area contributed by atoms with Gasteiger partial charge in [-0.25, -0.2) is 4.79 Å². The first-order valence-corrected chi connectivity index (χ1v) is 11.1. The maximum atomic E-state index is 10.9. The number of unbranched alkanes of at least 4 members (excludes halogenated alkanes) is 12. The zero-order chi connectivity index (χ0) is 21.2. The van der Waals surface area contributed by atoms with Crippen molar-refractivity contribution in [2.75, 3.05) is 7.11 Å². The van der Waals surface area contributed by atoms with E-state index in [0.29, 0.717) is 0 Å².